The molecule has 4 nitrogen and oxygen atoms in total. The van der Waals surface area contributed by atoms with Crippen LogP contribution in [0.3, 0.4) is 0 Å². The first-order valence-corrected chi connectivity index (χ1v) is 32.4. The first kappa shape index (κ1) is 53.3. The number of hydrogen-bond donors (Lipinski definition) is 0. The molecule has 4 aromatic heterocycles. The molecule has 0 aliphatic rings. The number of benzene rings is 15. The van der Waals surface area contributed by atoms with E-state index >= 15 is 0 Å². The van der Waals surface area contributed by atoms with Crippen molar-refractivity contribution in [1.29, 1.82) is 0 Å². The molecule has 0 aliphatic heterocycles. The molecular weight excluding hydrogens is 1140 g/mol. The Balaban J connectivity index is 0.883. The summed E-state index contributed by atoms with van der Waals surface area (Å²) in [5, 5.41) is 9.64. The third kappa shape index (κ3) is 8.40. The van der Waals surface area contributed by atoms with E-state index in [4.69, 9.17) is 0 Å². The van der Waals surface area contributed by atoms with E-state index in [0.29, 0.717) is 0 Å². The van der Waals surface area contributed by atoms with E-state index < -0.39 is 0 Å². The third-order valence-corrected chi connectivity index (χ3v) is 19.5. The Morgan fingerprint density at radius 2 is 0.383 bits per heavy atom. The molecule has 0 saturated heterocycles. The lowest BCUT2D eigenvalue weighted by Gasteiger charge is -2.19. The molecule has 0 atom stereocenters. The SMILES string of the molecule is c1ccc(-c2ccc3c(c2)c2cc(-c4ccccc4)ccc2n3-c2ccc(-c3c(-c4ccc(-n5c6ccc(-c7ccccc7)cc6c6cc(-c7ccccc7)ccc65)cc4)c4c5ccccc5n(-c5ccccc5)c4c4c3c3ccccc3n4-c3ccccc3)cc2)cc1. The maximum Gasteiger partial charge on any atom is 0.0795 e. The van der Waals surface area contributed by atoms with Crippen LogP contribution in [0.2, 0.25) is 0 Å². The summed E-state index contributed by atoms with van der Waals surface area (Å²) in [7, 11) is 0. The number of nitrogens with zero attached hydrogens (tertiary/aromatic N) is 4. The molecule has 0 spiro atoms. The van der Waals surface area contributed by atoms with Crippen molar-refractivity contribution < 1.29 is 0 Å². The predicted molar refractivity (Wildman–Crippen MR) is 396 cm³/mol. The summed E-state index contributed by atoms with van der Waals surface area (Å²) < 4.78 is 9.97. The molecular formula is C90H58N4. The molecule has 94 heavy (non-hydrogen) atoms. The smallest absolute Gasteiger partial charge is 0.0795 e. The van der Waals surface area contributed by atoms with Gasteiger partial charge in [0.15, 0.2) is 0 Å². The van der Waals surface area contributed by atoms with Crippen molar-refractivity contribution in [3.63, 3.8) is 0 Å². The molecule has 438 valence electrons. The van der Waals surface area contributed by atoms with Crippen molar-refractivity contribution in [3.8, 4) is 89.5 Å². The van der Waals surface area contributed by atoms with Crippen molar-refractivity contribution in [2.45, 2.75) is 0 Å². The molecule has 0 saturated carbocycles. The predicted octanol–water partition coefficient (Wildman–Crippen LogP) is 24.1. The fraction of sp³-hybridized carbons (Fsp3) is 0. The fourth-order valence-electron chi connectivity index (χ4n) is 15.4. The largest absolute Gasteiger partial charge is 0.309 e. The highest BCUT2D eigenvalue weighted by Gasteiger charge is 2.30. The summed E-state index contributed by atoms with van der Waals surface area (Å²) in [6.07, 6.45) is 0. The van der Waals surface area contributed by atoms with Gasteiger partial charge in [0.1, 0.15) is 0 Å². The van der Waals surface area contributed by atoms with Crippen LogP contribution in [-0.4, -0.2) is 18.3 Å². The number of hydrogen-bond acceptors (Lipinski definition) is 0. The van der Waals surface area contributed by atoms with Gasteiger partial charge in [-0.1, -0.05) is 243 Å². The van der Waals surface area contributed by atoms with E-state index in [0.717, 1.165) is 78.0 Å². The maximum atomic E-state index is 2.52. The molecule has 0 bridgehead atoms. The Kier molecular flexibility index (Phi) is 12.3. The summed E-state index contributed by atoms with van der Waals surface area (Å²) in [5.41, 5.74) is 27.9. The fourth-order valence-corrected chi connectivity index (χ4v) is 15.4. The van der Waals surface area contributed by atoms with Crippen LogP contribution in [0.4, 0.5) is 0 Å². The van der Waals surface area contributed by atoms with Crippen LogP contribution >= 0.6 is 0 Å². The summed E-state index contributed by atoms with van der Waals surface area (Å²) in [6, 6.07) is 130. The Hall–Kier alpha value is -12.5. The number of para-hydroxylation sites is 4. The average molecular weight is 1200 g/mol. The molecule has 0 N–H and O–H groups in total. The van der Waals surface area contributed by atoms with Crippen molar-refractivity contribution >= 4 is 87.2 Å². The molecule has 0 unspecified atom stereocenters. The second kappa shape index (κ2) is 21.6. The van der Waals surface area contributed by atoms with Gasteiger partial charge in [0.2, 0.25) is 0 Å². The zero-order chi connectivity index (χ0) is 61.8. The highest BCUT2D eigenvalue weighted by molar-refractivity contribution is 6.33. The van der Waals surface area contributed by atoms with Crippen molar-refractivity contribution in [2.75, 3.05) is 0 Å². The van der Waals surface area contributed by atoms with Gasteiger partial charge in [0.25, 0.3) is 0 Å². The van der Waals surface area contributed by atoms with Gasteiger partial charge < -0.3 is 18.3 Å². The molecule has 0 amide bonds. The van der Waals surface area contributed by atoms with Crippen molar-refractivity contribution in [1.82, 2.24) is 18.3 Å². The van der Waals surface area contributed by atoms with Crippen LogP contribution in [0.25, 0.3) is 177 Å². The summed E-state index contributed by atoms with van der Waals surface area (Å²) in [5.74, 6) is 0. The highest BCUT2D eigenvalue weighted by Crippen LogP contribution is 2.53. The van der Waals surface area contributed by atoms with E-state index in [1.165, 1.54) is 98.7 Å². The van der Waals surface area contributed by atoms with Crippen LogP contribution in [0.15, 0.2) is 352 Å². The average Bonchev–Trinajstić information content (AvgIpc) is 1.50. The van der Waals surface area contributed by atoms with E-state index in [-0.39, 0.29) is 0 Å². The Bertz CT molecular complexity index is 5560. The van der Waals surface area contributed by atoms with Crippen molar-refractivity contribution in [3.05, 3.63) is 352 Å². The summed E-state index contributed by atoms with van der Waals surface area (Å²) in [4.78, 5) is 0. The Morgan fingerprint density at radius 3 is 0.681 bits per heavy atom. The zero-order valence-corrected chi connectivity index (χ0v) is 51.3. The number of rotatable bonds is 10. The molecule has 4 heteroatoms. The van der Waals surface area contributed by atoms with Gasteiger partial charge in [0, 0.05) is 77.0 Å². The van der Waals surface area contributed by atoms with Gasteiger partial charge in [0.05, 0.1) is 44.1 Å². The van der Waals surface area contributed by atoms with Gasteiger partial charge in [-0.2, -0.15) is 0 Å². The molecule has 15 aromatic carbocycles. The molecule has 0 fully saturated rings. The molecule has 0 aliphatic carbocycles. The number of aromatic nitrogens is 4. The second-order valence-corrected chi connectivity index (χ2v) is 24.7. The summed E-state index contributed by atoms with van der Waals surface area (Å²) >= 11 is 0. The van der Waals surface area contributed by atoms with Crippen LogP contribution in [0, 0.1) is 0 Å². The minimum atomic E-state index is 1.09. The molecule has 4 heterocycles. The lowest BCUT2D eigenvalue weighted by Crippen LogP contribution is -2.00. The van der Waals surface area contributed by atoms with Gasteiger partial charge in [-0.25, -0.2) is 0 Å². The quantitative estimate of drug-likeness (QED) is 0.130. The topological polar surface area (TPSA) is 19.7 Å². The van der Waals surface area contributed by atoms with E-state index in [2.05, 4.69) is 370 Å². The second-order valence-electron chi connectivity index (χ2n) is 24.7. The van der Waals surface area contributed by atoms with Crippen molar-refractivity contribution in [2.24, 2.45) is 0 Å². The maximum absolute atomic E-state index is 2.52. The standard InChI is InChI=1S/C90H58N4/c1-7-23-59(24-8-1)65-43-51-81-75(55-65)76-56-66(60-25-9-2-10-26-60)44-52-82(76)91(81)71-47-39-63(40-48-71)85-86(64-41-49-72(50-42-64)92-83-53-45-67(61-27-11-3-12-28-61)57-77(83)78-58-68(46-54-84(78)92)62-29-13-4-14-30-62)88-74-36-20-22-38-80(74)94(70-33-17-6-18-34-70)90(88)89-87(85)73-35-19-21-37-79(73)93(89)69-31-15-5-16-32-69/h1-58H. The van der Waals surface area contributed by atoms with E-state index in [9.17, 15) is 0 Å². The van der Waals surface area contributed by atoms with Crippen LogP contribution in [0.5, 0.6) is 0 Å². The zero-order valence-electron chi connectivity index (χ0n) is 51.3. The lowest BCUT2D eigenvalue weighted by molar-refractivity contribution is 1.15. The normalized spacial score (nSPS) is 11.8. The molecule has 19 aromatic rings. The van der Waals surface area contributed by atoms with Crippen LogP contribution < -0.4 is 0 Å². The third-order valence-electron chi connectivity index (χ3n) is 19.5. The monoisotopic (exact) mass is 1190 g/mol. The molecule has 0 radical (unpaired) electrons. The Labute approximate surface area is 543 Å². The van der Waals surface area contributed by atoms with Crippen LogP contribution in [-0.2, 0) is 0 Å². The highest BCUT2D eigenvalue weighted by atomic mass is 15.0. The first-order valence-electron chi connectivity index (χ1n) is 32.4. The van der Waals surface area contributed by atoms with Gasteiger partial charge >= 0.3 is 0 Å². The number of fused-ring (bicyclic) bond motifs is 13. The van der Waals surface area contributed by atoms with Gasteiger partial charge in [-0.05, 0) is 165 Å². The molecule has 19 rings (SSSR count). The van der Waals surface area contributed by atoms with Gasteiger partial charge in [-0.15, -0.1) is 0 Å². The van der Waals surface area contributed by atoms with Crippen LogP contribution in [0.1, 0.15) is 0 Å². The lowest BCUT2D eigenvalue weighted by atomic mass is 9.87. The summed E-state index contributed by atoms with van der Waals surface area (Å²) in [6.45, 7) is 0. The van der Waals surface area contributed by atoms with E-state index in [1.54, 1.807) is 0 Å². The van der Waals surface area contributed by atoms with E-state index in [1.807, 2.05) is 0 Å². The first-order chi connectivity index (χ1) is 46.7. The Morgan fingerprint density at radius 1 is 0.149 bits per heavy atom. The minimum Gasteiger partial charge on any atom is -0.309 e. The van der Waals surface area contributed by atoms with Gasteiger partial charge in [-0.3, -0.25) is 0 Å². The minimum absolute atomic E-state index is 1.09.